The minimum absolute atomic E-state index is 0.130. The minimum atomic E-state index is -2.70. The quantitative estimate of drug-likeness (QED) is 0.214. The van der Waals surface area contributed by atoms with Crippen molar-refractivity contribution in [3.05, 3.63) is 66.5 Å². The van der Waals surface area contributed by atoms with Crippen LogP contribution in [-0.4, -0.2) is 72.6 Å². The van der Waals surface area contributed by atoms with Crippen molar-refractivity contribution in [2.75, 3.05) is 56.4 Å². The number of fused-ring (bicyclic) bond motifs is 1. The van der Waals surface area contributed by atoms with Crippen molar-refractivity contribution in [1.29, 1.82) is 5.26 Å². The third kappa shape index (κ3) is 7.25. The number of carbonyl (C=O) groups excluding carboxylic acids is 1. The predicted molar refractivity (Wildman–Crippen MR) is 165 cm³/mol. The lowest BCUT2D eigenvalue weighted by atomic mass is 10.0. The Kier molecular flexibility index (Phi) is 9.57. The Hall–Kier alpha value is -5.02. The summed E-state index contributed by atoms with van der Waals surface area (Å²) < 4.78 is 33.8. The van der Waals surface area contributed by atoms with Crippen LogP contribution in [0.5, 0.6) is 5.75 Å². The van der Waals surface area contributed by atoms with Crippen LogP contribution in [0.15, 0.2) is 55.4 Å². The maximum absolute atomic E-state index is 13.2. The van der Waals surface area contributed by atoms with Crippen molar-refractivity contribution in [3.8, 4) is 23.1 Å². The Labute approximate surface area is 249 Å². The van der Waals surface area contributed by atoms with E-state index < -0.39 is 18.9 Å². The summed E-state index contributed by atoms with van der Waals surface area (Å²) >= 11 is 0. The zero-order valence-corrected chi connectivity index (χ0v) is 24.8. The van der Waals surface area contributed by atoms with Gasteiger partial charge in [-0.25, -0.2) is 18.7 Å². The van der Waals surface area contributed by atoms with Gasteiger partial charge in [0, 0.05) is 56.6 Å². The maximum Gasteiger partial charge on any atom is 0.272 e. The lowest BCUT2D eigenvalue weighted by Crippen LogP contribution is -2.29. The summed E-state index contributed by atoms with van der Waals surface area (Å²) in [5, 5.41) is 16.6. The summed E-state index contributed by atoms with van der Waals surface area (Å²) in [5.41, 5.74) is 4.89. The van der Waals surface area contributed by atoms with Crippen LogP contribution >= 0.6 is 0 Å². The van der Waals surface area contributed by atoms with E-state index in [9.17, 15) is 18.8 Å². The van der Waals surface area contributed by atoms with Gasteiger partial charge in [0.15, 0.2) is 0 Å². The molecule has 0 saturated carbocycles. The fraction of sp³-hybridized carbons (Fsp3) is 0.290. The molecule has 0 radical (unpaired) electrons. The van der Waals surface area contributed by atoms with Crippen LogP contribution in [0.2, 0.25) is 0 Å². The summed E-state index contributed by atoms with van der Waals surface area (Å²) in [6.45, 7) is 5.97. The van der Waals surface area contributed by atoms with E-state index in [1.165, 1.54) is 0 Å². The lowest BCUT2D eigenvalue weighted by molar-refractivity contribution is -0.111. The van der Waals surface area contributed by atoms with Gasteiger partial charge in [0.1, 0.15) is 18.4 Å². The number of nitrogens with zero attached hydrogens (tertiary/aromatic N) is 6. The number of hydrogen-bond acceptors (Lipinski definition) is 8. The smallest absolute Gasteiger partial charge is 0.272 e. The van der Waals surface area contributed by atoms with Gasteiger partial charge in [-0.15, -0.1) is 0 Å². The summed E-state index contributed by atoms with van der Waals surface area (Å²) in [4.78, 5) is 25.2. The van der Waals surface area contributed by atoms with E-state index in [1.807, 2.05) is 61.7 Å². The second-order valence-electron chi connectivity index (χ2n) is 10.3. The van der Waals surface area contributed by atoms with E-state index in [-0.39, 0.29) is 17.4 Å². The fourth-order valence-electron chi connectivity index (χ4n) is 4.68. The number of ether oxygens (including phenoxy) is 1. The number of rotatable bonds is 12. The lowest BCUT2D eigenvalue weighted by Gasteiger charge is -2.26. The van der Waals surface area contributed by atoms with E-state index in [0.29, 0.717) is 35.7 Å². The molecule has 4 aromatic rings. The largest absolute Gasteiger partial charge is 0.485 e. The van der Waals surface area contributed by atoms with Crippen LogP contribution in [0, 0.1) is 18.3 Å². The van der Waals surface area contributed by atoms with Crippen molar-refractivity contribution >= 4 is 39.8 Å². The second-order valence-corrected chi connectivity index (χ2v) is 10.3. The Bertz CT molecular complexity index is 1690. The van der Waals surface area contributed by atoms with Crippen LogP contribution in [0.1, 0.15) is 11.1 Å². The zero-order chi connectivity index (χ0) is 31.3. The number of carbonyl (C=O) groups is 1. The molecular formula is C31H34F2N8O2. The molecule has 1 amide bonds. The van der Waals surface area contributed by atoms with Crippen molar-refractivity contribution in [1.82, 2.24) is 19.4 Å². The molecule has 43 heavy (non-hydrogen) atoms. The number of nitrogens with one attached hydrogen (secondary N) is 2. The van der Waals surface area contributed by atoms with Crippen molar-refractivity contribution < 1.29 is 18.3 Å². The highest BCUT2D eigenvalue weighted by Crippen LogP contribution is 2.38. The minimum Gasteiger partial charge on any atom is -0.485 e. The molecule has 4 rings (SSSR count). The highest BCUT2D eigenvalue weighted by molar-refractivity contribution is 6.02. The Balaban J connectivity index is 1.77. The van der Waals surface area contributed by atoms with E-state index in [2.05, 4.69) is 33.2 Å². The van der Waals surface area contributed by atoms with Gasteiger partial charge in [0.05, 0.1) is 33.8 Å². The molecule has 10 nitrogen and oxygen atoms in total. The SMILES string of the molecule is C=CC(=O)Nc1cc(Nc2nccc(-c3cc(C#N)c4c(c3)c(C)cn4C)n2)c(OCC(F)F)cc1N(C)CCN(C)C. The van der Waals surface area contributed by atoms with Gasteiger partial charge < -0.3 is 29.7 Å². The topological polar surface area (TPSA) is 111 Å². The number of aromatic nitrogens is 3. The third-order valence-electron chi connectivity index (χ3n) is 6.79. The highest BCUT2D eigenvalue weighted by Gasteiger charge is 2.19. The normalized spacial score (nSPS) is 11.1. The Morgan fingerprint density at radius 2 is 1.98 bits per heavy atom. The third-order valence-corrected chi connectivity index (χ3v) is 6.79. The summed E-state index contributed by atoms with van der Waals surface area (Å²) in [6, 6.07) is 10.9. The van der Waals surface area contributed by atoms with E-state index >= 15 is 0 Å². The molecule has 2 heterocycles. The first kappa shape index (κ1) is 30.9. The van der Waals surface area contributed by atoms with Gasteiger partial charge in [-0.05, 0) is 56.9 Å². The number of anilines is 4. The molecule has 0 bridgehead atoms. The zero-order valence-electron chi connectivity index (χ0n) is 24.8. The van der Waals surface area contributed by atoms with E-state index in [1.54, 1.807) is 30.5 Å². The van der Waals surface area contributed by atoms with Crippen LogP contribution in [0.4, 0.5) is 31.8 Å². The van der Waals surface area contributed by atoms with Crippen molar-refractivity contribution in [2.45, 2.75) is 13.3 Å². The molecule has 0 spiro atoms. The molecule has 0 aliphatic carbocycles. The molecule has 0 fully saturated rings. The monoisotopic (exact) mass is 588 g/mol. The number of halogens is 2. The second kappa shape index (κ2) is 13.3. The number of amides is 1. The number of aryl methyl sites for hydroxylation is 2. The molecule has 2 aromatic carbocycles. The first-order chi connectivity index (χ1) is 20.5. The van der Waals surface area contributed by atoms with Crippen LogP contribution in [-0.2, 0) is 11.8 Å². The number of nitriles is 1. The fourth-order valence-corrected chi connectivity index (χ4v) is 4.68. The number of benzene rings is 2. The van der Waals surface area contributed by atoms with Gasteiger partial charge in [-0.3, -0.25) is 4.79 Å². The first-order valence-corrected chi connectivity index (χ1v) is 13.5. The molecule has 0 aliphatic heterocycles. The molecule has 0 saturated heterocycles. The van der Waals surface area contributed by atoms with E-state index in [0.717, 1.165) is 28.1 Å². The molecule has 0 unspecified atom stereocenters. The van der Waals surface area contributed by atoms with Gasteiger partial charge >= 0.3 is 0 Å². The average molecular weight is 589 g/mol. The first-order valence-electron chi connectivity index (χ1n) is 13.5. The van der Waals surface area contributed by atoms with Crippen molar-refractivity contribution in [2.24, 2.45) is 7.05 Å². The standard InChI is InChI=1S/C31H34F2N8O2/c1-7-29(42)36-24-14-25(27(43-18-28(32)33)15-26(24)40(5)11-10-39(3)4)38-31-35-9-8-23(37-31)20-12-21(16-34)30-22(13-20)19(2)17-41(30)6/h7-9,12-15,17,28H,1,10-11,18H2,2-6H3,(H,36,42)(H,35,37,38). The van der Waals surface area contributed by atoms with Gasteiger partial charge in [-0.2, -0.15) is 5.26 Å². The van der Waals surface area contributed by atoms with Gasteiger partial charge in [0.25, 0.3) is 6.43 Å². The number of alkyl halides is 2. The predicted octanol–water partition coefficient (Wildman–Crippen LogP) is 5.33. The van der Waals surface area contributed by atoms with Gasteiger partial charge in [-0.1, -0.05) is 6.58 Å². The molecule has 2 aromatic heterocycles. The molecule has 12 heteroatoms. The molecule has 0 aliphatic rings. The summed E-state index contributed by atoms with van der Waals surface area (Å²) in [6.07, 6.45) is 1.97. The summed E-state index contributed by atoms with van der Waals surface area (Å²) in [7, 11) is 7.60. The van der Waals surface area contributed by atoms with Crippen LogP contribution in [0.3, 0.4) is 0 Å². The number of hydrogen-bond donors (Lipinski definition) is 2. The van der Waals surface area contributed by atoms with Crippen LogP contribution in [0.25, 0.3) is 22.2 Å². The molecule has 224 valence electrons. The van der Waals surface area contributed by atoms with Crippen LogP contribution < -0.4 is 20.3 Å². The molecular weight excluding hydrogens is 554 g/mol. The highest BCUT2D eigenvalue weighted by atomic mass is 19.3. The number of likely N-dealkylation sites (N-methyl/N-ethyl adjacent to an activating group) is 2. The van der Waals surface area contributed by atoms with E-state index in [4.69, 9.17) is 4.74 Å². The Morgan fingerprint density at radius 1 is 1.21 bits per heavy atom. The summed E-state index contributed by atoms with van der Waals surface area (Å²) in [5.74, 6) is -0.143. The molecule has 0 atom stereocenters. The average Bonchev–Trinajstić information content (AvgIpc) is 3.27. The molecule has 2 N–H and O–H groups in total. The Morgan fingerprint density at radius 3 is 2.65 bits per heavy atom. The van der Waals surface area contributed by atoms with Gasteiger partial charge in [0.2, 0.25) is 11.9 Å². The maximum atomic E-state index is 13.2. The van der Waals surface area contributed by atoms with Crippen molar-refractivity contribution in [3.63, 3.8) is 0 Å².